The number of hydrogen-bond acceptors (Lipinski definition) is 3. The fourth-order valence-electron chi connectivity index (χ4n) is 1.55. The van der Waals surface area contributed by atoms with Crippen LogP contribution in [0.3, 0.4) is 0 Å². The summed E-state index contributed by atoms with van der Waals surface area (Å²) < 4.78 is 7.65. The third kappa shape index (κ3) is 4.82. The van der Waals surface area contributed by atoms with E-state index in [1.54, 1.807) is 17.8 Å². The maximum atomic E-state index is 10.9. The first-order valence-electron chi connectivity index (χ1n) is 7.11. The van der Waals surface area contributed by atoms with Crippen molar-refractivity contribution in [3.05, 3.63) is 29.6 Å². The highest BCUT2D eigenvalue weighted by Gasteiger charge is 2.36. The molecule has 0 aliphatic carbocycles. The summed E-state index contributed by atoms with van der Waals surface area (Å²) in [6.45, 7) is 14.0. The molecule has 0 amide bonds. The van der Waals surface area contributed by atoms with Gasteiger partial charge < -0.3 is 9.53 Å². The van der Waals surface area contributed by atoms with Crippen LogP contribution in [0, 0.1) is 6.92 Å². The molecule has 0 spiro atoms. The van der Waals surface area contributed by atoms with Gasteiger partial charge in [0.25, 0.3) is 0 Å². The molecular formula is C15H26N2O3Si. The van der Waals surface area contributed by atoms with Crippen LogP contribution in [0.4, 0.5) is 0 Å². The second-order valence-corrected chi connectivity index (χ2v) is 11.5. The number of aromatic nitrogens is 2. The van der Waals surface area contributed by atoms with Crippen LogP contribution in [-0.4, -0.2) is 35.8 Å². The molecule has 0 aliphatic rings. The second kappa shape index (κ2) is 6.57. The van der Waals surface area contributed by atoms with Gasteiger partial charge in [-0.2, -0.15) is 5.10 Å². The Balaban J connectivity index is 2.50. The Hall–Kier alpha value is -1.40. The third-order valence-electron chi connectivity index (χ3n) is 3.95. The molecule has 0 fully saturated rings. The van der Waals surface area contributed by atoms with Crippen molar-refractivity contribution in [2.24, 2.45) is 0 Å². The van der Waals surface area contributed by atoms with Crippen LogP contribution in [0.5, 0.6) is 0 Å². The zero-order valence-corrected chi connectivity index (χ0v) is 14.8. The van der Waals surface area contributed by atoms with Gasteiger partial charge in [-0.25, -0.2) is 4.79 Å². The van der Waals surface area contributed by atoms with E-state index in [0.29, 0.717) is 18.7 Å². The SMILES string of the molecule is Cc1cn(C/C=C\CO[Si](C)(C)C(C)(C)C)nc1C(=O)O. The minimum atomic E-state index is -1.71. The van der Waals surface area contributed by atoms with Gasteiger partial charge in [0.1, 0.15) is 0 Å². The van der Waals surface area contributed by atoms with Crippen LogP contribution in [-0.2, 0) is 11.0 Å². The summed E-state index contributed by atoms with van der Waals surface area (Å²) in [6.07, 6.45) is 5.66. The lowest BCUT2D eigenvalue weighted by Gasteiger charge is -2.35. The number of nitrogens with zero attached hydrogens (tertiary/aromatic N) is 2. The highest BCUT2D eigenvalue weighted by Crippen LogP contribution is 2.36. The number of carboxylic acids is 1. The molecule has 1 aromatic rings. The van der Waals surface area contributed by atoms with E-state index >= 15 is 0 Å². The molecule has 1 heterocycles. The van der Waals surface area contributed by atoms with Crippen molar-refractivity contribution in [3.63, 3.8) is 0 Å². The van der Waals surface area contributed by atoms with Gasteiger partial charge in [0.15, 0.2) is 14.0 Å². The lowest BCUT2D eigenvalue weighted by atomic mass is 10.2. The summed E-state index contributed by atoms with van der Waals surface area (Å²) in [6, 6.07) is 0. The van der Waals surface area contributed by atoms with Crippen molar-refractivity contribution in [2.75, 3.05) is 6.61 Å². The fraction of sp³-hybridized carbons (Fsp3) is 0.600. The highest BCUT2D eigenvalue weighted by atomic mass is 28.4. The zero-order valence-electron chi connectivity index (χ0n) is 13.8. The number of carbonyl (C=O) groups is 1. The standard InChI is InChI=1S/C15H26N2O3Si/c1-12-11-17(16-13(12)14(18)19)9-7-8-10-20-21(5,6)15(2,3)4/h7-8,11H,9-10H2,1-6H3,(H,18,19)/b8-7-. The van der Waals surface area contributed by atoms with Crippen molar-refractivity contribution >= 4 is 14.3 Å². The number of hydrogen-bond donors (Lipinski definition) is 1. The lowest BCUT2D eigenvalue weighted by Crippen LogP contribution is -2.40. The molecule has 1 N–H and O–H groups in total. The molecular weight excluding hydrogens is 284 g/mol. The summed E-state index contributed by atoms with van der Waals surface area (Å²) in [5.74, 6) is -0.989. The molecule has 0 atom stereocenters. The van der Waals surface area contributed by atoms with Gasteiger partial charge in [-0.15, -0.1) is 0 Å². The van der Waals surface area contributed by atoms with Crippen molar-refractivity contribution in [1.29, 1.82) is 0 Å². The van der Waals surface area contributed by atoms with Gasteiger partial charge >= 0.3 is 5.97 Å². The fourth-order valence-corrected chi connectivity index (χ4v) is 2.50. The first-order chi connectivity index (χ1) is 9.54. The van der Waals surface area contributed by atoms with Crippen LogP contribution >= 0.6 is 0 Å². The zero-order chi connectivity index (χ0) is 16.3. The van der Waals surface area contributed by atoms with Crippen LogP contribution in [0.2, 0.25) is 18.1 Å². The van der Waals surface area contributed by atoms with Crippen LogP contribution < -0.4 is 0 Å². The Morgan fingerprint density at radius 2 is 2.05 bits per heavy atom. The monoisotopic (exact) mass is 310 g/mol. The van der Waals surface area contributed by atoms with E-state index in [9.17, 15) is 4.79 Å². The van der Waals surface area contributed by atoms with E-state index in [4.69, 9.17) is 9.53 Å². The molecule has 21 heavy (non-hydrogen) atoms. The second-order valence-electron chi connectivity index (χ2n) is 6.73. The van der Waals surface area contributed by atoms with E-state index in [-0.39, 0.29) is 10.7 Å². The smallest absolute Gasteiger partial charge is 0.356 e. The Bertz CT molecular complexity index is 528. The Kier molecular flexibility index (Phi) is 5.52. The van der Waals surface area contributed by atoms with Gasteiger partial charge in [0.05, 0.1) is 13.2 Å². The molecule has 0 saturated carbocycles. The minimum Gasteiger partial charge on any atom is -0.476 e. The lowest BCUT2D eigenvalue weighted by molar-refractivity contribution is 0.0688. The van der Waals surface area contributed by atoms with E-state index in [2.05, 4.69) is 39.0 Å². The number of aromatic carboxylic acids is 1. The number of rotatable bonds is 6. The summed E-state index contributed by atoms with van der Waals surface area (Å²) in [5, 5.41) is 13.2. The molecule has 0 unspecified atom stereocenters. The molecule has 118 valence electrons. The topological polar surface area (TPSA) is 64.4 Å². The predicted octanol–water partition coefficient (Wildman–Crippen LogP) is 3.47. The summed E-state index contributed by atoms with van der Waals surface area (Å²) in [5.41, 5.74) is 0.786. The maximum Gasteiger partial charge on any atom is 0.356 e. The van der Waals surface area contributed by atoms with Gasteiger partial charge in [0.2, 0.25) is 0 Å². The number of allylic oxidation sites excluding steroid dienone is 1. The molecule has 0 aromatic carbocycles. The van der Waals surface area contributed by atoms with Crippen molar-refractivity contribution in [3.8, 4) is 0 Å². The Labute approximate surface area is 127 Å². The van der Waals surface area contributed by atoms with Crippen molar-refractivity contribution in [2.45, 2.75) is 52.4 Å². The average Bonchev–Trinajstić information content (AvgIpc) is 2.68. The summed E-state index contributed by atoms with van der Waals surface area (Å²) >= 11 is 0. The number of carboxylic acid groups (broad SMARTS) is 1. The average molecular weight is 310 g/mol. The normalized spacial score (nSPS) is 13.0. The first-order valence-corrected chi connectivity index (χ1v) is 10.0. The maximum absolute atomic E-state index is 10.9. The molecule has 5 nitrogen and oxygen atoms in total. The van der Waals surface area contributed by atoms with Crippen molar-refractivity contribution in [1.82, 2.24) is 9.78 Å². The predicted molar refractivity (Wildman–Crippen MR) is 86.2 cm³/mol. The molecule has 0 radical (unpaired) electrons. The summed E-state index contributed by atoms with van der Waals surface area (Å²) in [4.78, 5) is 10.9. The molecule has 1 rings (SSSR count). The van der Waals surface area contributed by atoms with Crippen molar-refractivity contribution < 1.29 is 14.3 Å². The Morgan fingerprint density at radius 3 is 2.52 bits per heavy atom. The first kappa shape index (κ1) is 17.6. The van der Waals surface area contributed by atoms with Crippen LogP contribution in [0.25, 0.3) is 0 Å². The van der Waals surface area contributed by atoms with Gasteiger partial charge in [-0.05, 0) is 25.1 Å². The Morgan fingerprint density at radius 1 is 1.43 bits per heavy atom. The minimum absolute atomic E-state index is 0.112. The van der Waals surface area contributed by atoms with Crippen LogP contribution in [0.1, 0.15) is 36.8 Å². The quantitative estimate of drug-likeness (QED) is 0.645. The summed E-state index contributed by atoms with van der Waals surface area (Å²) in [7, 11) is -1.71. The molecule has 0 aliphatic heterocycles. The van der Waals surface area contributed by atoms with E-state index in [0.717, 1.165) is 0 Å². The van der Waals surface area contributed by atoms with E-state index < -0.39 is 14.3 Å². The van der Waals surface area contributed by atoms with Gasteiger partial charge in [-0.1, -0.05) is 32.9 Å². The van der Waals surface area contributed by atoms with Gasteiger partial charge in [-0.3, -0.25) is 4.68 Å². The van der Waals surface area contributed by atoms with E-state index in [1.165, 1.54) is 0 Å². The van der Waals surface area contributed by atoms with E-state index in [1.807, 2.05) is 12.2 Å². The molecule has 0 saturated heterocycles. The number of aryl methyl sites for hydroxylation is 1. The largest absolute Gasteiger partial charge is 0.476 e. The van der Waals surface area contributed by atoms with Crippen LogP contribution in [0.15, 0.2) is 18.3 Å². The highest BCUT2D eigenvalue weighted by molar-refractivity contribution is 6.74. The molecule has 1 aromatic heterocycles. The molecule has 6 heteroatoms. The molecule has 0 bridgehead atoms. The third-order valence-corrected chi connectivity index (χ3v) is 8.45. The van der Waals surface area contributed by atoms with Gasteiger partial charge in [0, 0.05) is 11.8 Å².